The summed E-state index contributed by atoms with van der Waals surface area (Å²) in [6.07, 6.45) is 1.00. The van der Waals surface area contributed by atoms with E-state index in [0.29, 0.717) is 37.4 Å². The summed E-state index contributed by atoms with van der Waals surface area (Å²) in [6.45, 7) is 3.08. The average molecular weight is 290 g/mol. The molecule has 2 aliphatic heterocycles. The van der Waals surface area contributed by atoms with Crippen LogP contribution in [0.2, 0.25) is 0 Å². The maximum atomic E-state index is 12.0. The van der Waals surface area contributed by atoms with Gasteiger partial charge in [0.2, 0.25) is 18.6 Å². The Labute approximate surface area is 123 Å². The number of carbonyl (C=O) groups is 2. The van der Waals surface area contributed by atoms with Crippen LogP contribution in [0, 0.1) is 0 Å². The minimum Gasteiger partial charge on any atom is -0.454 e. The van der Waals surface area contributed by atoms with Gasteiger partial charge in [-0.05, 0) is 31.0 Å². The van der Waals surface area contributed by atoms with E-state index in [1.807, 2.05) is 25.1 Å². The third-order valence-electron chi connectivity index (χ3n) is 3.77. The first kappa shape index (κ1) is 13.7. The monoisotopic (exact) mass is 290 g/mol. The summed E-state index contributed by atoms with van der Waals surface area (Å²) in [5.74, 6) is 1.34. The molecule has 112 valence electrons. The van der Waals surface area contributed by atoms with Gasteiger partial charge in [0.15, 0.2) is 11.5 Å². The molecule has 0 spiro atoms. The topological polar surface area (TPSA) is 67.9 Å². The molecule has 0 aliphatic carbocycles. The van der Waals surface area contributed by atoms with Crippen LogP contribution in [0.1, 0.15) is 25.3 Å². The van der Waals surface area contributed by atoms with Crippen LogP contribution in [0.3, 0.4) is 0 Å². The van der Waals surface area contributed by atoms with Gasteiger partial charge in [-0.3, -0.25) is 9.59 Å². The van der Waals surface area contributed by atoms with Gasteiger partial charge in [0.1, 0.15) is 6.04 Å². The van der Waals surface area contributed by atoms with E-state index >= 15 is 0 Å². The lowest BCUT2D eigenvalue weighted by Gasteiger charge is -2.24. The number of likely N-dealkylation sites (N-methyl/N-ethyl adjacent to an activating group) is 1. The molecular weight excluding hydrogens is 272 g/mol. The van der Waals surface area contributed by atoms with Gasteiger partial charge in [0.05, 0.1) is 0 Å². The number of nitrogens with zero attached hydrogens (tertiary/aromatic N) is 1. The van der Waals surface area contributed by atoms with Crippen molar-refractivity contribution in [1.82, 2.24) is 10.2 Å². The number of hydrogen-bond donors (Lipinski definition) is 1. The second-order valence-corrected chi connectivity index (χ2v) is 5.16. The molecular formula is C15H18N2O4. The summed E-state index contributed by atoms with van der Waals surface area (Å²) in [6, 6.07) is 5.22. The van der Waals surface area contributed by atoms with E-state index < -0.39 is 0 Å². The second kappa shape index (κ2) is 5.63. The third-order valence-corrected chi connectivity index (χ3v) is 3.77. The number of amides is 2. The molecule has 1 N–H and O–H groups in total. The second-order valence-electron chi connectivity index (χ2n) is 5.16. The Balaban J connectivity index is 1.75. The summed E-state index contributed by atoms with van der Waals surface area (Å²) < 4.78 is 10.6. The SMILES string of the molecule is CCNC(=O)[C@H]1CCC(=O)N1Cc1ccc2c(c1)OCO2. The first-order valence-corrected chi connectivity index (χ1v) is 7.14. The Morgan fingerprint density at radius 3 is 3.00 bits per heavy atom. The zero-order chi connectivity index (χ0) is 14.8. The van der Waals surface area contributed by atoms with Crippen molar-refractivity contribution in [2.75, 3.05) is 13.3 Å². The minimum absolute atomic E-state index is 0.0175. The van der Waals surface area contributed by atoms with Crippen LogP contribution < -0.4 is 14.8 Å². The first-order chi connectivity index (χ1) is 10.2. The van der Waals surface area contributed by atoms with Gasteiger partial charge >= 0.3 is 0 Å². The highest BCUT2D eigenvalue weighted by Crippen LogP contribution is 2.33. The molecule has 0 radical (unpaired) electrons. The quantitative estimate of drug-likeness (QED) is 0.899. The van der Waals surface area contributed by atoms with Crippen LogP contribution in [-0.4, -0.2) is 36.1 Å². The molecule has 0 saturated carbocycles. The number of fused-ring (bicyclic) bond motifs is 1. The summed E-state index contributed by atoms with van der Waals surface area (Å²) in [5, 5.41) is 2.79. The van der Waals surface area contributed by atoms with Crippen LogP contribution in [0.5, 0.6) is 11.5 Å². The highest BCUT2D eigenvalue weighted by Gasteiger charge is 2.35. The number of hydrogen-bond acceptors (Lipinski definition) is 4. The molecule has 6 heteroatoms. The molecule has 1 aromatic carbocycles. The van der Waals surface area contributed by atoms with Crippen molar-refractivity contribution in [1.29, 1.82) is 0 Å². The van der Waals surface area contributed by atoms with Gasteiger partial charge in [0, 0.05) is 19.5 Å². The van der Waals surface area contributed by atoms with Crippen molar-refractivity contribution in [2.45, 2.75) is 32.4 Å². The van der Waals surface area contributed by atoms with E-state index in [-0.39, 0.29) is 24.6 Å². The Kier molecular flexibility index (Phi) is 3.68. The zero-order valence-electron chi connectivity index (χ0n) is 11.9. The van der Waals surface area contributed by atoms with E-state index in [9.17, 15) is 9.59 Å². The molecule has 2 aliphatic rings. The number of benzene rings is 1. The lowest BCUT2D eigenvalue weighted by molar-refractivity contribution is -0.135. The van der Waals surface area contributed by atoms with Crippen molar-refractivity contribution >= 4 is 11.8 Å². The molecule has 1 fully saturated rings. The van der Waals surface area contributed by atoms with Gasteiger partial charge in [-0.2, -0.15) is 0 Å². The zero-order valence-corrected chi connectivity index (χ0v) is 11.9. The van der Waals surface area contributed by atoms with Gasteiger partial charge in [0.25, 0.3) is 0 Å². The van der Waals surface area contributed by atoms with Gasteiger partial charge in [-0.25, -0.2) is 0 Å². The van der Waals surface area contributed by atoms with Gasteiger partial charge < -0.3 is 19.7 Å². The Morgan fingerprint density at radius 1 is 1.38 bits per heavy atom. The highest BCUT2D eigenvalue weighted by molar-refractivity contribution is 5.90. The molecule has 2 amide bonds. The summed E-state index contributed by atoms with van der Waals surface area (Å²) in [4.78, 5) is 25.7. The summed E-state index contributed by atoms with van der Waals surface area (Å²) in [7, 11) is 0. The maximum Gasteiger partial charge on any atom is 0.242 e. The average Bonchev–Trinajstić information content (AvgIpc) is 3.06. The van der Waals surface area contributed by atoms with Gasteiger partial charge in [-0.15, -0.1) is 0 Å². The van der Waals surface area contributed by atoms with Crippen molar-refractivity contribution in [3.05, 3.63) is 23.8 Å². The number of nitrogens with one attached hydrogen (secondary N) is 1. The van der Waals surface area contributed by atoms with Crippen molar-refractivity contribution in [3.8, 4) is 11.5 Å². The van der Waals surface area contributed by atoms with Crippen LogP contribution in [0.15, 0.2) is 18.2 Å². The molecule has 1 saturated heterocycles. The molecule has 1 aromatic rings. The molecule has 21 heavy (non-hydrogen) atoms. The molecule has 1 atom stereocenters. The first-order valence-electron chi connectivity index (χ1n) is 7.14. The van der Waals surface area contributed by atoms with Crippen molar-refractivity contribution in [2.24, 2.45) is 0 Å². The molecule has 6 nitrogen and oxygen atoms in total. The Hall–Kier alpha value is -2.24. The third kappa shape index (κ3) is 2.66. The lowest BCUT2D eigenvalue weighted by Crippen LogP contribution is -2.44. The van der Waals surface area contributed by atoms with E-state index in [4.69, 9.17) is 9.47 Å². The van der Waals surface area contributed by atoms with Crippen LogP contribution in [0.4, 0.5) is 0 Å². The molecule has 0 bridgehead atoms. The van der Waals surface area contributed by atoms with Crippen LogP contribution >= 0.6 is 0 Å². The van der Waals surface area contributed by atoms with E-state index in [2.05, 4.69) is 5.32 Å². The smallest absolute Gasteiger partial charge is 0.242 e. The predicted octanol–water partition coefficient (Wildman–Crippen LogP) is 1.04. The standard InChI is InChI=1S/C15H18N2O4/c1-2-16-15(19)11-4-6-14(18)17(11)8-10-3-5-12-13(7-10)21-9-20-12/h3,5,7,11H,2,4,6,8-9H2,1H3,(H,16,19)/t11-/m1/s1. The Bertz CT molecular complexity index is 573. The highest BCUT2D eigenvalue weighted by atomic mass is 16.7. The summed E-state index contributed by atoms with van der Waals surface area (Å²) in [5.41, 5.74) is 0.934. The van der Waals surface area contributed by atoms with E-state index in [1.165, 1.54) is 0 Å². The fraction of sp³-hybridized carbons (Fsp3) is 0.467. The van der Waals surface area contributed by atoms with Crippen molar-refractivity contribution in [3.63, 3.8) is 0 Å². The number of rotatable bonds is 4. The fourth-order valence-corrected chi connectivity index (χ4v) is 2.73. The minimum atomic E-state index is -0.372. The van der Waals surface area contributed by atoms with Crippen LogP contribution in [0.25, 0.3) is 0 Å². The Morgan fingerprint density at radius 2 is 2.19 bits per heavy atom. The van der Waals surface area contributed by atoms with Crippen molar-refractivity contribution < 1.29 is 19.1 Å². The fourth-order valence-electron chi connectivity index (χ4n) is 2.73. The van der Waals surface area contributed by atoms with Crippen LogP contribution in [-0.2, 0) is 16.1 Å². The molecule has 0 aromatic heterocycles. The van der Waals surface area contributed by atoms with E-state index in [1.54, 1.807) is 4.90 Å². The van der Waals surface area contributed by atoms with Gasteiger partial charge in [-0.1, -0.05) is 6.07 Å². The molecule has 3 rings (SSSR count). The number of carbonyl (C=O) groups excluding carboxylic acids is 2. The number of likely N-dealkylation sites (tertiary alicyclic amines) is 1. The molecule has 2 heterocycles. The maximum absolute atomic E-state index is 12.0. The summed E-state index contributed by atoms with van der Waals surface area (Å²) >= 11 is 0. The largest absolute Gasteiger partial charge is 0.454 e. The normalized spacial score (nSPS) is 20.0. The predicted molar refractivity (Wildman–Crippen MR) is 74.8 cm³/mol. The molecule has 0 unspecified atom stereocenters. The number of ether oxygens (including phenoxy) is 2. The van der Waals surface area contributed by atoms with E-state index in [0.717, 1.165) is 5.56 Å². The lowest BCUT2D eigenvalue weighted by atomic mass is 10.1.